The molecule has 0 aromatic rings. The predicted molar refractivity (Wildman–Crippen MR) is 54.6 cm³/mol. The standard InChI is InChI=1S/C9H17NS/c1-4-5-6-8(7(2)3)9(10)11/h6-7H,4-5H2,1-3H3,(H2,10,11). The highest BCUT2D eigenvalue weighted by atomic mass is 32.1. The minimum Gasteiger partial charge on any atom is -0.390 e. The first-order valence-corrected chi connectivity index (χ1v) is 4.50. The van der Waals surface area contributed by atoms with Crippen molar-refractivity contribution in [2.45, 2.75) is 33.6 Å². The highest BCUT2D eigenvalue weighted by Crippen LogP contribution is 2.11. The molecule has 0 radical (unpaired) electrons. The highest BCUT2D eigenvalue weighted by molar-refractivity contribution is 7.80. The van der Waals surface area contributed by atoms with Gasteiger partial charge in [0.1, 0.15) is 0 Å². The average Bonchev–Trinajstić information content (AvgIpc) is 1.87. The Balaban J connectivity index is 4.21. The lowest BCUT2D eigenvalue weighted by molar-refractivity contribution is 0.791. The molecule has 0 unspecified atom stereocenters. The number of thiocarbonyl (C=S) groups is 1. The highest BCUT2D eigenvalue weighted by Gasteiger charge is 2.04. The van der Waals surface area contributed by atoms with Gasteiger partial charge in [0.05, 0.1) is 4.99 Å². The van der Waals surface area contributed by atoms with E-state index in [0.29, 0.717) is 10.9 Å². The van der Waals surface area contributed by atoms with Crippen LogP contribution in [0, 0.1) is 5.92 Å². The Hall–Kier alpha value is -0.370. The molecule has 64 valence electrons. The molecule has 2 N–H and O–H groups in total. The summed E-state index contributed by atoms with van der Waals surface area (Å²) in [7, 11) is 0. The monoisotopic (exact) mass is 171 g/mol. The zero-order valence-corrected chi connectivity index (χ0v) is 8.37. The molecule has 0 rings (SSSR count). The van der Waals surface area contributed by atoms with Gasteiger partial charge in [0, 0.05) is 0 Å². The van der Waals surface area contributed by atoms with Crippen LogP contribution in [0.25, 0.3) is 0 Å². The largest absolute Gasteiger partial charge is 0.390 e. The van der Waals surface area contributed by atoms with Crippen molar-refractivity contribution in [3.05, 3.63) is 11.6 Å². The lowest BCUT2D eigenvalue weighted by Crippen LogP contribution is -2.15. The summed E-state index contributed by atoms with van der Waals surface area (Å²) in [6.07, 6.45) is 4.37. The third-order valence-corrected chi connectivity index (χ3v) is 1.80. The maximum atomic E-state index is 5.54. The lowest BCUT2D eigenvalue weighted by atomic mass is 10.0. The van der Waals surface area contributed by atoms with Gasteiger partial charge in [-0.15, -0.1) is 0 Å². The topological polar surface area (TPSA) is 26.0 Å². The van der Waals surface area contributed by atoms with Crippen LogP contribution in [0.2, 0.25) is 0 Å². The minimum absolute atomic E-state index is 0.457. The van der Waals surface area contributed by atoms with E-state index in [1.165, 1.54) is 0 Å². The van der Waals surface area contributed by atoms with Crippen LogP contribution in [0.1, 0.15) is 33.6 Å². The molecule has 0 aromatic carbocycles. The van der Waals surface area contributed by atoms with Crippen LogP contribution < -0.4 is 5.73 Å². The first-order chi connectivity index (χ1) is 5.09. The van der Waals surface area contributed by atoms with Crippen molar-refractivity contribution in [1.29, 1.82) is 0 Å². The first kappa shape index (κ1) is 10.6. The number of allylic oxidation sites excluding steroid dienone is 1. The summed E-state index contributed by atoms with van der Waals surface area (Å²) in [6, 6.07) is 0. The summed E-state index contributed by atoms with van der Waals surface area (Å²) in [5.41, 5.74) is 6.67. The van der Waals surface area contributed by atoms with E-state index in [2.05, 4.69) is 26.8 Å². The molecule has 0 saturated carbocycles. The van der Waals surface area contributed by atoms with Crippen molar-refractivity contribution in [1.82, 2.24) is 0 Å². The molecule has 0 amide bonds. The van der Waals surface area contributed by atoms with Crippen molar-refractivity contribution >= 4 is 17.2 Å². The molecule has 11 heavy (non-hydrogen) atoms. The minimum atomic E-state index is 0.457. The molecule has 0 fully saturated rings. The van der Waals surface area contributed by atoms with Crippen LogP contribution in [0.3, 0.4) is 0 Å². The van der Waals surface area contributed by atoms with E-state index < -0.39 is 0 Å². The van der Waals surface area contributed by atoms with Gasteiger partial charge in [-0.3, -0.25) is 0 Å². The normalized spacial score (nSPS) is 12.2. The molecule has 0 bridgehead atoms. The van der Waals surface area contributed by atoms with Crippen molar-refractivity contribution < 1.29 is 0 Å². The fourth-order valence-corrected chi connectivity index (χ4v) is 1.24. The van der Waals surface area contributed by atoms with E-state index in [1.54, 1.807) is 0 Å². The van der Waals surface area contributed by atoms with E-state index in [-0.39, 0.29) is 0 Å². The zero-order valence-electron chi connectivity index (χ0n) is 7.55. The van der Waals surface area contributed by atoms with Gasteiger partial charge in [-0.1, -0.05) is 45.5 Å². The Morgan fingerprint density at radius 1 is 1.55 bits per heavy atom. The molecule has 0 aliphatic rings. The second kappa shape index (κ2) is 5.30. The molecular weight excluding hydrogens is 154 g/mol. The molecule has 2 heteroatoms. The van der Waals surface area contributed by atoms with Gasteiger partial charge in [0.2, 0.25) is 0 Å². The Bertz CT molecular complexity index is 159. The Labute approximate surface area is 74.7 Å². The molecule has 0 spiro atoms. The van der Waals surface area contributed by atoms with Gasteiger partial charge in [-0.05, 0) is 17.9 Å². The Morgan fingerprint density at radius 2 is 2.09 bits per heavy atom. The third kappa shape index (κ3) is 4.14. The predicted octanol–water partition coefficient (Wildman–Crippen LogP) is 2.66. The molecule has 0 aliphatic carbocycles. The summed E-state index contributed by atoms with van der Waals surface area (Å²) in [6.45, 7) is 6.37. The van der Waals surface area contributed by atoms with Crippen LogP contribution in [-0.2, 0) is 0 Å². The van der Waals surface area contributed by atoms with Gasteiger partial charge in [-0.2, -0.15) is 0 Å². The fourth-order valence-electron chi connectivity index (χ4n) is 0.921. The van der Waals surface area contributed by atoms with E-state index in [0.717, 1.165) is 18.4 Å². The quantitative estimate of drug-likeness (QED) is 0.520. The Kier molecular flexibility index (Phi) is 5.12. The van der Waals surface area contributed by atoms with Crippen LogP contribution in [0.15, 0.2) is 11.6 Å². The summed E-state index contributed by atoms with van der Waals surface area (Å²) in [5.74, 6) is 0.457. The number of rotatable bonds is 4. The molecule has 1 nitrogen and oxygen atoms in total. The summed E-state index contributed by atoms with van der Waals surface area (Å²) in [4.78, 5) is 0.549. The maximum absolute atomic E-state index is 5.54. The molecular formula is C9H17NS. The third-order valence-electron chi connectivity index (χ3n) is 1.56. The molecule has 0 aromatic heterocycles. The first-order valence-electron chi connectivity index (χ1n) is 4.09. The summed E-state index contributed by atoms with van der Waals surface area (Å²) >= 11 is 4.92. The van der Waals surface area contributed by atoms with E-state index >= 15 is 0 Å². The number of unbranched alkanes of at least 4 members (excludes halogenated alkanes) is 1. The summed E-state index contributed by atoms with van der Waals surface area (Å²) in [5, 5.41) is 0. The van der Waals surface area contributed by atoms with Crippen LogP contribution >= 0.6 is 12.2 Å². The number of nitrogens with two attached hydrogens (primary N) is 1. The fraction of sp³-hybridized carbons (Fsp3) is 0.667. The summed E-state index contributed by atoms with van der Waals surface area (Å²) < 4.78 is 0. The van der Waals surface area contributed by atoms with Gasteiger partial charge >= 0.3 is 0 Å². The van der Waals surface area contributed by atoms with Crippen molar-refractivity contribution in [2.24, 2.45) is 11.7 Å². The van der Waals surface area contributed by atoms with Gasteiger partial charge < -0.3 is 5.73 Å². The smallest absolute Gasteiger partial charge is 0.0993 e. The van der Waals surface area contributed by atoms with E-state index in [4.69, 9.17) is 18.0 Å². The molecule has 0 saturated heterocycles. The maximum Gasteiger partial charge on any atom is 0.0993 e. The number of hydrogen-bond acceptors (Lipinski definition) is 1. The Morgan fingerprint density at radius 3 is 2.36 bits per heavy atom. The number of hydrogen-bond donors (Lipinski definition) is 1. The van der Waals surface area contributed by atoms with E-state index in [1.807, 2.05) is 0 Å². The van der Waals surface area contributed by atoms with Crippen LogP contribution in [-0.4, -0.2) is 4.99 Å². The average molecular weight is 171 g/mol. The SMILES string of the molecule is CCCC=C(C(N)=S)C(C)C. The van der Waals surface area contributed by atoms with Gasteiger partial charge in [-0.25, -0.2) is 0 Å². The lowest BCUT2D eigenvalue weighted by Gasteiger charge is -2.08. The van der Waals surface area contributed by atoms with Gasteiger partial charge in [0.15, 0.2) is 0 Å². The van der Waals surface area contributed by atoms with E-state index in [9.17, 15) is 0 Å². The van der Waals surface area contributed by atoms with Crippen LogP contribution in [0.4, 0.5) is 0 Å². The molecule has 0 aliphatic heterocycles. The van der Waals surface area contributed by atoms with Crippen molar-refractivity contribution in [2.75, 3.05) is 0 Å². The second-order valence-corrected chi connectivity index (χ2v) is 3.41. The molecule has 0 atom stereocenters. The van der Waals surface area contributed by atoms with Crippen molar-refractivity contribution in [3.8, 4) is 0 Å². The second-order valence-electron chi connectivity index (χ2n) is 2.97. The molecule has 0 heterocycles. The van der Waals surface area contributed by atoms with Crippen LogP contribution in [0.5, 0.6) is 0 Å². The van der Waals surface area contributed by atoms with Crippen molar-refractivity contribution in [3.63, 3.8) is 0 Å². The van der Waals surface area contributed by atoms with Gasteiger partial charge in [0.25, 0.3) is 0 Å². The zero-order chi connectivity index (χ0) is 8.85.